The Kier molecular flexibility index (Phi) is 6.39. The van der Waals surface area contributed by atoms with E-state index in [4.69, 9.17) is 10.5 Å². The molecule has 3 aromatic rings. The lowest BCUT2D eigenvalue weighted by Gasteiger charge is -2.47. The second-order valence-electron chi connectivity index (χ2n) is 9.81. The van der Waals surface area contributed by atoms with Crippen LogP contribution in [-0.4, -0.2) is 69.8 Å². The zero-order valence-corrected chi connectivity index (χ0v) is 22.0. The maximum atomic E-state index is 12.2. The number of rotatable bonds is 7. The number of anilines is 1. The van der Waals surface area contributed by atoms with E-state index in [1.54, 1.807) is 24.0 Å². The van der Waals surface area contributed by atoms with Crippen molar-refractivity contribution in [1.82, 2.24) is 29.0 Å². The predicted molar refractivity (Wildman–Crippen MR) is 138 cm³/mol. The molecule has 12 heteroatoms. The molecule has 1 aromatic carbocycles. The van der Waals surface area contributed by atoms with Crippen molar-refractivity contribution >= 4 is 15.8 Å². The average molecular weight is 523 g/mol. The third-order valence-corrected chi connectivity index (χ3v) is 8.95. The van der Waals surface area contributed by atoms with Crippen molar-refractivity contribution in [2.45, 2.75) is 38.8 Å². The van der Waals surface area contributed by atoms with Crippen molar-refractivity contribution in [2.24, 2.45) is 0 Å². The largest absolute Gasteiger partial charge is 0.433 e. The van der Waals surface area contributed by atoms with Crippen LogP contribution >= 0.6 is 0 Å². The molecule has 5 rings (SSSR count). The number of nitrogen functional groups attached to an aromatic ring is 1. The number of aromatic nitrogens is 4. The molecular weight excluding hydrogens is 492 g/mol. The second kappa shape index (κ2) is 9.41. The number of fused-ring (bicyclic) bond motifs is 1. The van der Waals surface area contributed by atoms with Gasteiger partial charge in [-0.25, -0.2) is 18.4 Å². The Morgan fingerprint density at radius 2 is 2.05 bits per heavy atom. The molecule has 2 aromatic heterocycles. The minimum absolute atomic E-state index is 0.0117. The highest BCUT2D eigenvalue weighted by atomic mass is 32.2. The lowest BCUT2D eigenvalue weighted by Crippen LogP contribution is -2.64. The highest BCUT2D eigenvalue weighted by Crippen LogP contribution is 2.36. The van der Waals surface area contributed by atoms with Gasteiger partial charge in [0.2, 0.25) is 10.0 Å². The fourth-order valence-corrected chi connectivity index (χ4v) is 6.25. The lowest BCUT2D eigenvalue weighted by molar-refractivity contribution is 0.0716. The van der Waals surface area contributed by atoms with Crippen LogP contribution in [0.1, 0.15) is 30.0 Å². The SMILES string of the molecule is CCS(=O)(=O)N1CC(CC#N)(n2cc(Oc3nc(-c4cc(C)c5c(c4)CN(C)CC5)cnc3N)cn2)C1. The quantitative estimate of drug-likeness (QED) is 0.494. The van der Waals surface area contributed by atoms with E-state index in [-0.39, 0.29) is 37.0 Å². The number of nitriles is 1. The monoisotopic (exact) mass is 522 g/mol. The van der Waals surface area contributed by atoms with Crippen molar-refractivity contribution in [3.8, 4) is 29.0 Å². The van der Waals surface area contributed by atoms with Gasteiger partial charge in [-0.05, 0) is 56.1 Å². The molecule has 194 valence electrons. The van der Waals surface area contributed by atoms with Crippen LogP contribution in [0.5, 0.6) is 11.6 Å². The minimum Gasteiger partial charge on any atom is -0.433 e. The third-order valence-electron chi connectivity index (χ3n) is 7.18. The van der Waals surface area contributed by atoms with E-state index in [0.717, 1.165) is 25.1 Å². The first-order valence-corrected chi connectivity index (χ1v) is 13.8. The van der Waals surface area contributed by atoms with Gasteiger partial charge >= 0.3 is 0 Å². The summed E-state index contributed by atoms with van der Waals surface area (Å²) in [5.41, 5.74) is 10.8. The van der Waals surface area contributed by atoms with Crippen LogP contribution in [0.3, 0.4) is 0 Å². The van der Waals surface area contributed by atoms with Gasteiger partial charge in [0.15, 0.2) is 11.6 Å². The Labute approximate surface area is 216 Å². The second-order valence-corrected chi connectivity index (χ2v) is 12.1. The average Bonchev–Trinajstić information content (AvgIpc) is 3.30. The molecule has 0 unspecified atom stereocenters. The number of hydrogen-bond acceptors (Lipinski definition) is 9. The molecule has 0 aliphatic carbocycles. The molecule has 0 radical (unpaired) electrons. The molecule has 0 bridgehead atoms. The van der Waals surface area contributed by atoms with Crippen molar-refractivity contribution < 1.29 is 13.2 Å². The Morgan fingerprint density at radius 3 is 2.78 bits per heavy atom. The lowest BCUT2D eigenvalue weighted by atomic mass is 9.89. The molecule has 4 heterocycles. The molecule has 2 aliphatic heterocycles. The van der Waals surface area contributed by atoms with Gasteiger partial charge in [0.25, 0.3) is 5.88 Å². The van der Waals surface area contributed by atoms with E-state index in [1.807, 2.05) is 0 Å². The number of likely N-dealkylation sites (N-methyl/N-ethyl adjacent to an activating group) is 1. The standard InChI is InChI=1S/C25H30N8O3S/c1-4-37(34,35)32-15-25(16-32,6-7-26)33-14-20(11-29-33)36-24-23(27)28-12-22(30-24)18-9-17(2)21-5-8-31(3)13-19(21)10-18/h9-12,14H,4-6,8,13,15-16H2,1-3H3,(H2,27,28). The number of aryl methyl sites for hydroxylation is 1. The van der Waals surface area contributed by atoms with Crippen LogP contribution < -0.4 is 10.5 Å². The van der Waals surface area contributed by atoms with E-state index in [2.05, 4.69) is 52.1 Å². The molecule has 2 aliphatic rings. The fraction of sp³-hybridized carbons (Fsp3) is 0.440. The predicted octanol–water partition coefficient (Wildman–Crippen LogP) is 2.29. The molecule has 0 atom stereocenters. The molecular formula is C25H30N8O3S. The number of nitrogens with zero attached hydrogens (tertiary/aromatic N) is 7. The Morgan fingerprint density at radius 1 is 1.27 bits per heavy atom. The summed E-state index contributed by atoms with van der Waals surface area (Å²) < 4.78 is 33.4. The first-order valence-electron chi connectivity index (χ1n) is 12.2. The maximum Gasteiger partial charge on any atom is 0.263 e. The van der Waals surface area contributed by atoms with Gasteiger partial charge in [0.05, 0.1) is 42.5 Å². The molecule has 0 saturated carbocycles. The first-order chi connectivity index (χ1) is 17.6. The summed E-state index contributed by atoms with van der Waals surface area (Å²) in [6.07, 6.45) is 5.92. The Balaban J connectivity index is 1.39. The van der Waals surface area contributed by atoms with Crippen LogP contribution in [0, 0.1) is 18.3 Å². The summed E-state index contributed by atoms with van der Waals surface area (Å²) in [6.45, 7) is 6.01. The molecule has 2 N–H and O–H groups in total. The van der Waals surface area contributed by atoms with Crippen LogP contribution in [0.15, 0.2) is 30.7 Å². The zero-order chi connectivity index (χ0) is 26.4. The van der Waals surface area contributed by atoms with E-state index < -0.39 is 15.6 Å². The third kappa shape index (κ3) is 4.66. The topological polar surface area (TPSA) is 143 Å². The van der Waals surface area contributed by atoms with Crippen LogP contribution in [-0.2, 0) is 28.5 Å². The van der Waals surface area contributed by atoms with Crippen molar-refractivity contribution in [3.05, 3.63) is 47.4 Å². The van der Waals surface area contributed by atoms with Crippen molar-refractivity contribution in [1.29, 1.82) is 5.26 Å². The summed E-state index contributed by atoms with van der Waals surface area (Å²) in [5, 5.41) is 13.7. The fourth-order valence-electron chi connectivity index (χ4n) is 5.01. The molecule has 1 fully saturated rings. The van der Waals surface area contributed by atoms with Crippen LogP contribution in [0.2, 0.25) is 0 Å². The van der Waals surface area contributed by atoms with Crippen molar-refractivity contribution in [2.75, 3.05) is 38.2 Å². The maximum absolute atomic E-state index is 12.2. The smallest absolute Gasteiger partial charge is 0.263 e. The highest BCUT2D eigenvalue weighted by Gasteiger charge is 2.49. The van der Waals surface area contributed by atoms with E-state index in [0.29, 0.717) is 11.4 Å². The first kappa shape index (κ1) is 25.1. The van der Waals surface area contributed by atoms with E-state index >= 15 is 0 Å². The number of nitrogens with two attached hydrogens (primary N) is 1. The molecule has 1 saturated heterocycles. The van der Waals surface area contributed by atoms with Gasteiger partial charge in [-0.2, -0.15) is 14.7 Å². The van der Waals surface area contributed by atoms with Crippen molar-refractivity contribution in [3.63, 3.8) is 0 Å². The zero-order valence-electron chi connectivity index (χ0n) is 21.2. The van der Waals surface area contributed by atoms with Gasteiger partial charge in [0, 0.05) is 31.7 Å². The number of benzene rings is 1. The highest BCUT2D eigenvalue weighted by molar-refractivity contribution is 7.89. The number of ether oxygens (including phenoxy) is 1. The molecule has 11 nitrogen and oxygen atoms in total. The number of hydrogen-bond donors (Lipinski definition) is 1. The summed E-state index contributed by atoms with van der Waals surface area (Å²) in [6, 6.07) is 6.42. The van der Waals surface area contributed by atoms with Crippen LogP contribution in [0.25, 0.3) is 11.3 Å². The summed E-state index contributed by atoms with van der Waals surface area (Å²) in [4.78, 5) is 11.2. The Bertz CT molecular complexity index is 1490. The Hall–Kier alpha value is -3.53. The minimum atomic E-state index is -3.34. The normalized spacial score (nSPS) is 17.6. The van der Waals surface area contributed by atoms with Crippen LogP contribution in [0.4, 0.5) is 5.82 Å². The molecule has 0 spiro atoms. The van der Waals surface area contributed by atoms with E-state index in [9.17, 15) is 13.7 Å². The van der Waals surface area contributed by atoms with Gasteiger partial charge in [-0.15, -0.1) is 0 Å². The van der Waals surface area contributed by atoms with Gasteiger partial charge < -0.3 is 15.4 Å². The van der Waals surface area contributed by atoms with Gasteiger partial charge in [-0.3, -0.25) is 4.68 Å². The van der Waals surface area contributed by atoms with Gasteiger partial charge in [0.1, 0.15) is 5.54 Å². The molecule has 37 heavy (non-hydrogen) atoms. The summed E-state index contributed by atoms with van der Waals surface area (Å²) >= 11 is 0. The molecule has 0 amide bonds. The summed E-state index contributed by atoms with van der Waals surface area (Å²) in [7, 11) is -1.22. The number of sulfonamides is 1. The van der Waals surface area contributed by atoms with Gasteiger partial charge in [-0.1, -0.05) is 0 Å². The van der Waals surface area contributed by atoms with E-state index in [1.165, 1.54) is 27.2 Å². The summed E-state index contributed by atoms with van der Waals surface area (Å²) in [5.74, 6) is 0.678.